The minimum absolute atomic E-state index is 0.366. The van der Waals surface area contributed by atoms with Gasteiger partial charge in [0.1, 0.15) is 171 Å². The molecule has 0 aromatic rings. The molecule has 7 aliphatic heterocycles. The van der Waals surface area contributed by atoms with Crippen LogP contribution in [-0.2, 0) is 66.3 Å². The molecule has 35 nitrogen and oxygen atoms in total. The summed E-state index contributed by atoms with van der Waals surface area (Å²) in [6.07, 6.45) is -62.1. The van der Waals surface area contributed by atoms with Crippen molar-refractivity contribution in [3.63, 3.8) is 0 Å². The fourth-order valence-electron chi connectivity index (χ4n) is 10.2. The molecule has 7 rings (SSSR count). The monoisotopic (exact) mass is 1150 g/mol. The van der Waals surface area contributed by atoms with E-state index >= 15 is 0 Å². The lowest BCUT2D eigenvalue weighted by molar-refractivity contribution is -0.397. The van der Waals surface area contributed by atoms with Gasteiger partial charge < -0.3 is 174 Å². The van der Waals surface area contributed by atoms with Crippen LogP contribution in [0.3, 0.4) is 0 Å². The van der Waals surface area contributed by atoms with Crippen molar-refractivity contribution >= 4 is 0 Å². The third kappa shape index (κ3) is 13.1. The summed E-state index contributed by atoms with van der Waals surface area (Å²) in [7, 11) is 1.18. The maximum absolute atomic E-state index is 11.3. The minimum atomic E-state index is -2.21. The van der Waals surface area contributed by atoms with Crippen molar-refractivity contribution in [2.24, 2.45) is 0 Å². The zero-order chi connectivity index (χ0) is 57.2. The molecule has 0 spiro atoms. The van der Waals surface area contributed by atoms with Gasteiger partial charge in [0.15, 0.2) is 37.7 Å². The molecular formula is C43H74O35. The standard InChI is InChI=1S/C43H74O35/c1-65-31-12(3-45)67-38(25(59)19(31)53)74-33-14(5-47)69-40(27(61)21(33)55)76-35-16(7-49)71-42(29(63)23(35)57)78-37-17(8-50)72-43(30(64)24(37)58)77-36-15(6-48)70-41(28(62)22(36)56)75-34-13(4-46)68-39(26(60)20(34)54)73-32-11(2-44)66-9-10(51)18(32)52/h10-64H,2-9H2,1H3. The molecule has 21 N–H and O–H groups in total. The van der Waals surface area contributed by atoms with Crippen LogP contribution in [0.2, 0.25) is 0 Å². The van der Waals surface area contributed by atoms with E-state index in [9.17, 15) is 107 Å². The molecule has 7 fully saturated rings. The number of hydrogen-bond acceptors (Lipinski definition) is 35. The lowest BCUT2D eigenvalue weighted by Crippen LogP contribution is -2.68. The molecule has 0 aromatic heterocycles. The summed E-state index contributed by atoms with van der Waals surface area (Å²) in [6.45, 7) is -6.78. The van der Waals surface area contributed by atoms with Crippen molar-refractivity contribution in [2.45, 2.75) is 209 Å². The molecule has 35 heteroatoms. The highest BCUT2D eigenvalue weighted by atomic mass is 16.8. The molecule has 456 valence electrons. The molecule has 78 heavy (non-hydrogen) atoms. The van der Waals surface area contributed by atoms with Crippen LogP contribution < -0.4 is 0 Å². The summed E-state index contributed by atoms with van der Waals surface area (Å²) in [6, 6.07) is 0. The van der Waals surface area contributed by atoms with E-state index < -0.39 is 255 Å². The number of methoxy groups -OCH3 is 1. The summed E-state index contributed by atoms with van der Waals surface area (Å²) in [5.74, 6) is 0. The summed E-state index contributed by atoms with van der Waals surface area (Å²) in [5, 5.41) is 224. The highest BCUT2D eigenvalue weighted by Gasteiger charge is 2.58. The first-order valence-corrected chi connectivity index (χ1v) is 24.9. The van der Waals surface area contributed by atoms with Gasteiger partial charge in [-0.05, 0) is 0 Å². The van der Waals surface area contributed by atoms with Gasteiger partial charge in [-0.3, -0.25) is 0 Å². The number of hydrogen-bond donors (Lipinski definition) is 21. The smallest absolute Gasteiger partial charge is 0.187 e. The lowest BCUT2D eigenvalue weighted by atomic mass is 9.95. The van der Waals surface area contributed by atoms with Crippen LogP contribution in [-0.4, -0.2) is 376 Å². The SMILES string of the molecule is COC1C(CO)OC(OC2C(CO)OC(OC3C(CO)OC(OC4C(CO)OC(OC5C(CO)OC(OC6C(CO)OC(OC7C(CO)OCC(O)C7O)C(O)C6O)C(O)C5O)C(O)C4O)C(O)C3O)C(O)C2O)C(O)C1O. The van der Waals surface area contributed by atoms with Gasteiger partial charge in [0, 0.05) is 7.11 Å². The molecule has 0 aliphatic carbocycles. The van der Waals surface area contributed by atoms with Gasteiger partial charge in [-0.25, -0.2) is 0 Å². The van der Waals surface area contributed by atoms with Crippen molar-refractivity contribution in [2.75, 3.05) is 60.0 Å². The number of rotatable bonds is 20. The Morgan fingerprint density at radius 2 is 0.462 bits per heavy atom. The predicted octanol–water partition coefficient (Wildman–Crippen LogP) is -14.9. The fraction of sp³-hybridized carbons (Fsp3) is 1.00. The molecule has 0 bridgehead atoms. The van der Waals surface area contributed by atoms with Gasteiger partial charge in [0.05, 0.1) is 52.9 Å². The molecule has 0 saturated carbocycles. The molecular weight excluding hydrogens is 1080 g/mol. The highest BCUT2D eigenvalue weighted by Crippen LogP contribution is 2.37. The van der Waals surface area contributed by atoms with E-state index in [0.29, 0.717) is 0 Å². The summed E-state index contributed by atoms with van der Waals surface area (Å²) < 4.78 is 77.9. The van der Waals surface area contributed by atoms with Gasteiger partial charge in [-0.2, -0.15) is 0 Å². The third-order valence-electron chi connectivity index (χ3n) is 14.7. The normalized spacial score (nSPS) is 52.5. The molecule has 0 radical (unpaired) electrons. The fourth-order valence-corrected chi connectivity index (χ4v) is 10.2. The number of aliphatic hydroxyl groups is 21. The first-order chi connectivity index (χ1) is 37.1. The van der Waals surface area contributed by atoms with E-state index in [0.717, 1.165) is 0 Å². The number of ether oxygens (including phenoxy) is 14. The van der Waals surface area contributed by atoms with Crippen molar-refractivity contribution < 1.29 is 174 Å². The van der Waals surface area contributed by atoms with Crippen LogP contribution >= 0.6 is 0 Å². The first kappa shape index (κ1) is 64.2. The molecule has 34 unspecified atom stereocenters. The van der Waals surface area contributed by atoms with Crippen LogP contribution in [0.5, 0.6) is 0 Å². The van der Waals surface area contributed by atoms with Crippen LogP contribution in [0.15, 0.2) is 0 Å². The Balaban J connectivity index is 0.946. The average molecular weight is 1150 g/mol. The van der Waals surface area contributed by atoms with Gasteiger partial charge in [0.25, 0.3) is 0 Å². The van der Waals surface area contributed by atoms with E-state index in [1.54, 1.807) is 0 Å². The Hall–Kier alpha value is -1.40. The van der Waals surface area contributed by atoms with Crippen molar-refractivity contribution in [1.82, 2.24) is 0 Å². The van der Waals surface area contributed by atoms with Gasteiger partial charge in [-0.15, -0.1) is 0 Å². The highest BCUT2D eigenvalue weighted by molar-refractivity contribution is 5.01. The Labute approximate surface area is 441 Å². The van der Waals surface area contributed by atoms with Gasteiger partial charge in [-0.1, -0.05) is 0 Å². The zero-order valence-electron chi connectivity index (χ0n) is 41.4. The van der Waals surface area contributed by atoms with Crippen LogP contribution in [0.25, 0.3) is 0 Å². The minimum Gasteiger partial charge on any atom is -0.394 e. The second-order valence-corrected chi connectivity index (χ2v) is 19.7. The van der Waals surface area contributed by atoms with E-state index in [4.69, 9.17) is 66.3 Å². The number of aliphatic hydroxyl groups excluding tert-OH is 21. The third-order valence-corrected chi connectivity index (χ3v) is 14.7. The van der Waals surface area contributed by atoms with Crippen molar-refractivity contribution in [3.8, 4) is 0 Å². The Morgan fingerprint density at radius 3 is 0.667 bits per heavy atom. The molecule has 7 aliphatic rings. The molecule has 0 aromatic carbocycles. The maximum atomic E-state index is 11.3. The van der Waals surface area contributed by atoms with E-state index in [1.807, 2.05) is 0 Å². The van der Waals surface area contributed by atoms with Crippen LogP contribution in [0, 0.1) is 0 Å². The quantitative estimate of drug-likeness (QED) is 0.0538. The zero-order valence-corrected chi connectivity index (χ0v) is 41.4. The molecule has 7 saturated heterocycles. The van der Waals surface area contributed by atoms with Gasteiger partial charge >= 0.3 is 0 Å². The van der Waals surface area contributed by atoms with E-state index in [2.05, 4.69) is 0 Å². The van der Waals surface area contributed by atoms with Crippen LogP contribution in [0.1, 0.15) is 0 Å². The Morgan fingerprint density at radius 1 is 0.269 bits per heavy atom. The van der Waals surface area contributed by atoms with Crippen LogP contribution in [0.4, 0.5) is 0 Å². The molecule has 7 heterocycles. The maximum Gasteiger partial charge on any atom is 0.187 e. The van der Waals surface area contributed by atoms with Crippen molar-refractivity contribution in [1.29, 1.82) is 0 Å². The lowest BCUT2D eigenvalue weighted by Gasteiger charge is -2.50. The van der Waals surface area contributed by atoms with Crippen molar-refractivity contribution in [3.05, 3.63) is 0 Å². The Kier molecular flexibility index (Phi) is 23.0. The second-order valence-electron chi connectivity index (χ2n) is 19.7. The average Bonchev–Trinajstić information content (AvgIpc) is 3.49. The van der Waals surface area contributed by atoms with Gasteiger partial charge in [0.2, 0.25) is 0 Å². The first-order valence-electron chi connectivity index (χ1n) is 24.9. The predicted molar refractivity (Wildman–Crippen MR) is 235 cm³/mol. The summed E-state index contributed by atoms with van der Waals surface area (Å²) in [4.78, 5) is 0. The Bertz CT molecular complexity index is 1790. The summed E-state index contributed by atoms with van der Waals surface area (Å²) in [5.41, 5.74) is 0. The summed E-state index contributed by atoms with van der Waals surface area (Å²) >= 11 is 0. The largest absolute Gasteiger partial charge is 0.394 e. The van der Waals surface area contributed by atoms with E-state index in [-0.39, 0.29) is 6.61 Å². The van der Waals surface area contributed by atoms with E-state index in [1.165, 1.54) is 7.11 Å². The second kappa shape index (κ2) is 28.0. The molecule has 34 atom stereocenters. The molecule has 0 amide bonds. The topological polar surface area (TPSA) is 554 Å².